The number of carbonyl (C=O) groups excluding carboxylic acids is 1. The van der Waals surface area contributed by atoms with E-state index in [1.165, 1.54) is 12.1 Å². The van der Waals surface area contributed by atoms with Gasteiger partial charge in [0.2, 0.25) is 11.8 Å². The first-order chi connectivity index (χ1) is 17.3. The fraction of sp³-hybridized carbons (Fsp3) is 0.185. The summed E-state index contributed by atoms with van der Waals surface area (Å²) in [5.41, 5.74) is 0.808. The van der Waals surface area contributed by atoms with E-state index in [2.05, 4.69) is 10.3 Å². The van der Waals surface area contributed by atoms with E-state index >= 15 is 0 Å². The van der Waals surface area contributed by atoms with Crippen molar-refractivity contribution in [2.24, 2.45) is 0 Å². The molecule has 0 saturated carbocycles. The molecule has 3 N–H and O–H groups in total. The van der Waals surface area contributed by atoms with Gasteiger partial charge in [0.15, 0.2) is 0 Å². The van der Waals surface area contributed by atoms with Crippen molar-refractivity contribution in [3.05, 3.63) is 98.2 Å². The number of hydrogen-bond acceptors (Lipinski definition) is 4. The molecule has 2 atom stereocenters. The zero-order chi connectivity index (χ0) is 25.8. The first kappa shape index (κ1) is 25.5. The Bertz CT molecular complexity index is 1420. The van der Waals surface area contributed by atoms with Gasteiger partial charge in [0.05, 0.1) is 12.3 Å². The van der Waals surface area contributed by atoms with Crippen LogP contribution in [0.15, 0.2) is 77.6 Å². The molecule has 0 aliphatic carbocycles. The minimum absolute atomic E-state index is 0.0134. The lowest BCUT2D eigenvalue weighted by molar-refractivity contribution is -0.120. The first-order valence-electron chi connectivity index (χ1n) is 11.4. The number of amides is 1. The smallest absolute Gasteiger partial charge is 0.329 e. The van der Waals surface area contributed by atoms with Crippen molar-refractivity contribution >= 4 is 34.2 Å². The molecule has 0 spiro atoms. The quantitative estimate of drug-likeness (QED) is 0.227. The molecule has 0 bridgehead atoms. The number of aromatic nitrogens is 2. The predicted octanol–water partition coefficient (Wildman–Crippen LogP) is 5.67. The van der Waals surface area contributed by atoms with E-state index in [9.17, 15) is 19.1 Å². The predicted molar refractivity (Wildman–Crippen MR) is 145 cm³/mol. The van der Waals surface area contributed by atoms with Crippen LogP contribution in [0.5, 0.6) is 11.6 Å². The maximum Gasteiger partial charge on any atom is 0.329 e. The SMILES string of the molecule is CCOc1ccc(-c2[nH]c(=O)n([C@H](C(=O)Nc3ccc(I)cc3F)[C@@H](C)c3ccccc3)c2O)cc1. The van der Waals surface area contributed by atoms with E-state index in [0.717, 1.165) is 10.1 Å². The molecule has 9 heteroatoms. The number of nitrogens with one attached hydrogen (secondary N) is 2. The number of H-pyrrole nitrogens is 1. The van der Waals surface area contributed by atoms with Gasteiger partial charge in [-0.1, -0.05) is 37.3 Å². The largest absolute Gasteiger partial charge is 0.494 e. The number of imidazole rings is 1. The second-order valence-electron chi connectivity index (χ2n) is 8.21. The summed E-state index contributed by atoms with van der Waals surface area (Å²) < 4.78 is 21.7. The fourth-order valence-corrected chi connectivity index (χ4v) is 4.54. The molecule has 4 rings (SSSR count). The second kappa shape index (κ2) is 11.0. The summed E-state index contributed by atoms with van der Waals surface area (Å²) >= 11 is 1.98. The lowest BCUT2D eigenvalue weighted by Crippen LogP contribution is -2.35. The molecular weight excluding hydrogens is 576 g/mol. The van der Waals surface area contributed by atoms with Gasteiger partial charge in [-0.05, 0) is 77.5 Å². The summed E-state index contributed by atoms with van der Waals surface area (Å²) in [6.07, 6.45) is 0. The summed E-state index contributed by atoms with van der Waals surface area (Å²) in [7, 11) is 0. The highest BCUT2D eigenvalue weighted by atomic mass is 127. The molecule has 36 heavy (non-hydrogen) atoms. The number of benzene rings is 3. The Morgan fingerprint density at radius 1 is 1.14 bits per heavy atom. The van der Waals surface area contributed by atoms with Crippen LogP contribution in [0.3, 0.4) is 0 Å². The number of ether oxygens (including phenoxy) is 1. The van der Waals surface area contributed by atoms with Gasteiger partial charge in [0.25, 0.3) is 0 Å². The first-order valence-corrected chi connectivity index (χ1v) is 12.5. The fourth-order valence-electron chi connectivity index (χ4n) is 4.09. The number of aromatic amines is 1. The average molecular weight is 601 g/mol. The molecule has 4 aromatic rings. The van der Waals surface area contributed by atoms with Crippen LogP contribution < -0.4 is 15.7 Å². The van der Waals surface area contributed by atoms with Crippen molar-refractivity contribution in [2.45, 2.75) is 25.8 Å². The third kappa shape index (κ3) is 5.30. The Morgan fingerprint density at radius 2 is 1.83 bits per heavy atom. The van der Waals surface area contributed by atoms with Gasteiger partial charge in [0.1, 0.15) is 23.3 Å². The van der Waals surface area contributed by atoms with Crippen LogP contribution in [0.25, 0.3) is 11.3 Å². The van der Waals surface area contributed by atoms with Gasteiger partial charge < -0.3 is 20.1 Å². The molecule has 186 valence electrons. The average Bonchev–Trinajstić information content (AvgIpc) is 3.16. The summed E-state index contributed by atoms with van der Waals surface area (Å²) in [4.78, 5) is 29.3. The molecule has 3 aromatic carbocycles. The highest BCUT2D eigenvalue weighted by Crippen LogP contribution is 2.35. The molecule has 1 amide bonds. The Labute approximate surface area is 221 Å². The summed E-state index contributed by atoms with van der Waals surface area (Å²) in [6, 6.07) is 19.3. The molecule has 0 radical (unpaired) electrons. The van der Waals surface area contributed by atoms with Gasteiger partial charge in [-0.25, -0.2) is 13.8 Å². The number of nitrogens with zero attached hydrogens (tertiary/aromatic N) is 1. The van der Waals surface area contributed by atoms with Gasteiger partial charge in [0, 0.05) is 15.1 Å². The molecule has 0 aliphatic rings. The van der Waals surface area contributed by atoms with E-state index in [0.29, 0.717) is 21.5 Å². The Balaban J connectivity index is 1.77. The molecule has 0 fully saturated rings. The Morgan fingerprint density at radius 3 is 2.47 bits per heavy atom. The highest BCUT2D eigenvalue weighted by Gasteiger charge is 2.33. The van der Waals surface area contributed by atoms with Crippen molar-refractivity contribution in [1.82, 2.24) is 9.55 Å². The molecular formula is C27H25FIN3O4. The summed E-state index contributed by atoms with van der Waals surface area (Å²) in [5.74, 6) is -1.51. The maximum absolute atomic E-state index is 14.5. The molecule has 0 saturated heterocycles. The number of anilines is 1. The number of rotatable bonds is 8. The van der Waals surface area contributed by atoms with Crippen LogP contribution >= 0.6 is 22.6 Å². The monoisotopic (exact) mass is 601 g/mol. The third-order valence-electron chi connectivity index (χ3n) is 5.89. The maximum atomic E-state index is 14.5. The highest BCUT2D eigenvalue weighted by molar-refractivity contribution is 14.1. The zero-order valence-electron chi connectivity index (χ0n) is 19.7. The molecule has 0 aliphatic heterocycles. The summed E-state index contributed by atoms with van der Waals surface area (Å²) in [5, 5.41) is 13.7. The Hall–Kier alpha value is -3.60. The Kier molecular flexibility index (Phi) is 7.78. The van der Waals surface area contributed by atoms with E-state index < -0.39 is 35.3 Å². The lowest BCUT2D eigenvalue weighted by Gasteiger charge is -2.25. The van der Waals surface area contributed by atoms with Gasteiger partial charge in [-0.15, -0.1) is 0 Å². The minimum Gasteiger partial charge on any atom is -0.494 e. The van der Waals surface area contributed by atoms with Crippen molar-refractivity contribution in [3.8, 4) is 22.9 Å². The van der Waals surface area contributed by atoms with Gasteiger partial charge in [-0.3, -0.25) is 4.79 Å². The molecule has 1 heterocycles. The minimum atomic E-state index is -1.17. The second-order valence-corrected chi connectivity index (χ2v) is 9.46. The number of carbonyl (C=O) groups is 1. The van der Waals surface area contributed by atoms with E-state index in [1.807, 2.05) is 59.8 Å². The van der Waals surface area contributed by atoms with Crippen molar-refractivity contribution in [1.29, 1.82) is 0 Å². The molecule has 1 aromatic heterocycles. The van der Waals surface area contributed by atoms with Crippen molar-refractivity contribution < 1.29 is 19.0 Å². The third-order valence-corrected chi connectivity index (χ3v) is 6.56. The normalized spacial score (nSPS) is 12.7. The lowest BCUT2D eigenvalue weighted by atomic mass is 9.92. The standard InChI is InChI=1S/C27H25FIN3O4/c1-3-36-20-12-9-18(10-13-20)23-26(34)32(27(35)31-23)24(16(2)17-7-5-4-6-8-17)25(33)30-22-14-11-19(29)15-21(22)28/h4-16,24,34H,3H2,1-2H3,(H,30,33)(H,31,35)/t16-,24-/m0/s1. The topological polar surface area (TPSA) is 96.4 Å². The van der Waals surface area contributed by atoms with Gasteiger partial charge >= 0.3 is 5.69 Å². The zero-order valence-corrected chi connectivity index (χ0v) is 21.8. The molecule has 0 unspecified atom stereocenters. The number of halogens is 2. The van der Waals surface area contributed by atoms with Crippen LogP contribution in [-0.2, 0) is 4.79 Å². The van der Waals surface area contributed by atoms with Crippen LogP contribution in [0.4, 0.5) is 10.1 Å². The van der Waals surface area contributed by atoms with Crippen molar-refractivity contribution in [3.63, 3.8) is 0 Å². The van der Waals surface area contributed by atoms with E-state index in [1.54, 1.807) is 37.3 Å². The van der Waals surface area contributed by atoms with Gasteiger partial charge in [-0.2, -0.15) is 0 Å². The number of hydrogen-bond donors (Lipinski definition) is 3. The van der Waals surface area contributed by atoms with Crippen LogP contribution in [0.1, 0.15) is 31.4 Å². The van der Waals surface area contributed by atoms with Crippen LogP contribution in [0.2, 0.25) is 0 Å². The van der Waals surface area contributed by atoms with Crippen LogP contribution in [-0.4, -0.2) is 27.2 Å². The molecule has 7 nitrogen and oxygen atoms in total. The summed E-state index contributed by atoms with van der Waals surface area (Å²) in [6.45, 7) is 4.16. The van der Waals surface area contributed by atoms with Crippen LogP contribution in [0, 0.1) is 9.39 Å². The number of aromatic hydroxyl groups is 1. The van der Waals surface area contributed by atoms with Crippen molar-refractivity contribution in [2.75, 3.05) is 11.9 Å². The van der Waals surface area contributed by atoms with E-state index in [4.69, 9.17) is 4.74 Å². The van der Waals surface area contributed by atoms with E-state index in [-0.39, 0.29) is 11.4 Å².